The Balaban J connectivity index is 2.61. The summed E-state index contributed by atoms with van der Waals surface area (Å²) in [5.41, 5.74) is -1.41. The highest BCUT2D eigenvalue weighted by Gasteiger charge is 2.35. The SMILES string of the molecule is N#CC1(O)CCCOc2c(F)cccc21. The summed E-state index contributed by atoms with van der Waals surface area (Å²) in [5, 5.41) is 19.0. The first kappa shape index (κ1) is 9.94. The molecule has 0 bridgehead atoms. The highest BCUT2D eigenvalue weighted by molar-refractivity contribution is 5.43. The van der Waals surface area contributed by atoms with Gasteiger partial charge < -0.3 is 9.84 Å². The van der Waals surface area contributed by atoms with E-state index in [0.717, 1.165) is 0 Å². The van der Waals surface area contributed by atoms with E-state index in [-0.39, 0.29) is 17.7 Å². The lowest BCUT2D eigenvalue weighted by atomic mass is 9.90. The fourth-order valence-electron chi connectivity index (χ4n) is 1.73. The molecule has 4 heteroatoms. The molecule has 1 atom stereocenters. The first-order valence-corrected chi connectivity index (χ1v) is 4.73. The van der Waals surface area contributed by atoms with Gasteiger partial charge in [-0.2, -0.15) is 5.26 Å². The van der Waals surface area contributed by atoms with Gasteiger partial charge in [-0.25, -0.2) is 4.39 Å². The summed E-state index contributed by atoms with van der Waals surface area (Å²) < 4.78 is 18.6. The molecule has 0 radical (unpaired) electrons. The maximum Gasteiger partial charge on any atom is 0.180 e. The largest absolute Gasteiger partial charge is 0.490 e. The van der Waals surface area contributed by atoms with Crippen LogP contribution in [0.15, 0.2) is 18.2 Å². The summed E-state index contributed by atoms with van der Waals surface area (Å²) in [6.07, 6.45) is 0.790. The number of benzene rings is 1. The van der Waals surface area contributed by atoms with E-state index < -0.39 is 11.4 Å². The van der Waals surface area contributed by atoms with Crippen molar-refractivity contribution in [1.82, 2.24) is 0 Å². The standard InChI is InChI=1S/C11H10FNO2/c12-9-4-1-3-8-10(9)15-6-2-5-11(8,14)7-13/h1,3-4,14H,2,5-6H2. The van der Waals surface area contributed by atoms with E-state index in [1.165, 1.54) is 18.2 Å². The molecule has 0 aliphatic carbocycles. The number of fused-ring (bicyclic) bond motifs is 1. The third kappa shape index (κ3) is 1.55. The Labute approximate surface area is 86.7 Å². The average molecular weight is 207 g/mol. The molecule has 1 N–H and O–H groups in total. The van der Waals surface area contributed by atoms with E-state index in [1.807, 2.05) is 6.07 Å². The van der Waals surface area contributed by atoms with Crippen molar-refractivity contribution in [2.75, 3.05) is 6.61 Å². The summed E-state index contributed by atoms with van der Waals surface area (Å²) in [6.45, 7) is 0.317. The highest BCUT2D eigenvalue weighted by Crippen LogP contribution is 2.37. The van der Waals surface area contributed by atoms with Crippen LogP contribution in [0.3, 0.4) is 0 Å². The van der Waals surface area contributed by atoms with Crippen LogP contribution >= 0.6 is 0 Å². The Bertz CT molecular complexity index is 427. The molecule has 15 heavy (non-hydrogen) atoms. The molecule has 1 aliphatic heterocycles. The second-order valence-corrected chi connectivity index (χ2v) is 3.54. The van der Waals surface area contributed by atoms with Crippen LogP contribution in [0.1, 0.15) is 18.4 Å². The Morgan fingerprint density at radius 2 is 2.33 bits per heavy atom. The van der Waals surface area contributed by atoms with Gasteiger partial charge in [0.15, 0.2) is 17.2 Å². The Kier molecular flexibility index (Phi) is 2.33. The molecule has 1 unspecified atom stereocenters. The molecular weight excluding hydrogens is 197 g/mol. The number of para-hydroxylation sites is 1. The number of nitrogens with zero attached hydrogens (tertiary/aromatic N) is 1. The number of ether oxygens (including phenoxy) is 1. The molecule has 78 valence electrons. The van der Waals surface area contributed by atoms with E-state index in [4.69, 9.17) is 10.00 Å². The van der Waals surface area contributed by atoms with Crippen molar-refractivity contribution in [3.63, 3.8) is 0 Å². The Morgan fingerprint density at radius 3 is 3.07 bits per heavy atom. The van der Waals surface area contributed by atoms with Crippen LogP contribution in [-0.4, -0.2) is 11.7 Å². The van der Waals surface area contributed by atoms with Crippen LogP contribution in [0, 0.1) is 17.1 Å². The second kappa shape index (κ2) is 3.52. The van der Waals surface area contributed by atoms with Crippen molar-refractivity contribution >= 4 is 0 Å². The first-order chi connectivity index (χ1) is 7.17. The number of hydrogen-bond acceptors (Lipinski definition) is 3. The Hall–Kier alpha value is -1.60. The molecular formula is C11H10FNO2. The van der Waals surface area contributed by atoms with Crippen LogP contribution in [0.5, 0.6) is 5.75 Å². The minimum Gasteiger partial charge on any atom is -0.490 e. The minimum atomic E-state index is -1.63. The average Bonchev–Trinajstić information content (AvgIpc) is 2.41. The molecule has 1 heterocycles. The topological polar surface area (TPSA) is 53.2 Å². The molecule has 0 fully saturated rings. The van der Waals surface area contributed by atoms with E-state index in [2.05, 4.69) is 0 Å². The molecule has 2 rings (SSSR count). The summed E-state index contributed by atoms with van der Waals surface area (Å²) in [7, 11) is 0. The third-order valence-electron chi connectivity index (χ3n) is 2.53. The van der Waals surface area contributed by atoms with Gasteiger partial charge in [-0.15, -0.1) is 0 Å². The lowest BCUT2D eigenvalue weighted by Crippen LogP contribution is -2.22. The first-order valence-electron chi connectivity index (χ1n) is 4.73. The van der Waals surface area contributed by atoms with Crippen LogP contribution in [0.25, 0.3) is 0 Å². The molecule has 1 aromatic carbocycles. The molecule has 0 amide bonds. The molecule has 0 saturated carbocycles. The van der Waals surface area contributed by atoms with Crippen molar-refractivity contribution in [3.8, 4) is 11.8 Å². The van der Waals surface area contributed by atoms with Crippen LogP contribution in [0.4, 0.5) is 4.39 Å². The van der Waals surface area contributed by atoms with Crippen molar-refractivity contribution in [2.45, 2.75) is 18.4 Å². The molecule has 1 aromatic rings. The monoisotopic (exact) mass is 207 g/mol. The third-order valence-corrected chi connectivity index (χ3v) is 2.53. The lowest BCUT2D eigenvalue weighted by Gasteiger charge is -2.19. The van der Waals surface area contributed by atoms with Crippen molar-refractivity contribution < 1.29 is 14.2 Å². The van der Waals surface area contributed by atoms with E-state index in [0.29, 0.717) is 13.0 Å². The fourth-order valence-corrected chi connectivity index (χ4v) is 1.73. The number of hydrogen-bond donors (Lipinski definition) is 1. The van der Waals surface area contributed by atoms with Crippen molar-refractivity contribution in [3.05, 3.63) is 29.6 Å². The zero-order chi connectivity index (χ0) is 10.9. The van der Waals surface area contributed by atoms with Crippen LogP contribution in [-0.2, 0) is 5.60 Å². The lowest BCUT2D eigenvalue weighted by molar-refractivity contribution is 0.0883. The molecule has 1 aliphatic rings. The van der Waals surface area contributed by atoms with Crippen LogP contribution < -0.4 is 4.74 Å². The Morgan fingerprint density at radius 1 is 1.53 bits per heavy atom. The fraction of sp³-hybridized carbons (Fsp3) is 0.364. The highest BCUT2D eigenvalue weighted by atomic mass is 19.1. The zero-order valence-corrected chi connectivity index (χ0v) is 8.03. The molecule has 0 saturated heterocycles. The van der Waals surface area contributed by atoms with Gasteiger partial charge in [-0.1, -0.05) is 12.1 Å². The van der Waals surface area contributed by atoms with Crippen molar-refractivity contribution in [2.24, 2.45) is 0 Å². The van der Waals surface area contributed by atoms with Gasteiger partial charge in [-0.3, -0.25) is 0 Å². The van der Waals surface area contributed by atoms with Gasteiger partial charge in [0.25, 0.3) is 0 Å². The smallest absolute Gasteiger partial charge is 0.180 e. The van der Waals surface area contributed by atoms with Crippen LogP contribution in [0.2, 0.25) is 0 Å². The zero-order valence-electron chi connectivity index (χ0n) is 8.03. The van der Waals surface area contributed by atoms with E-state index >= 15 is 0 Å². The quantitative estimate of drug-likeness (QED) is 0.659. The summed E-state index contributed by atoms with van der Waals surface area (Å²) >= 11 is 0. The van der Waals surface area contributed by atoms with Crippen molar-refractivity contribution in [1.29, 1.82) is 5.26 Å². The second-order valence-electron chi connectivity index (χ2n) is 3.54. The number of nitriles is 1. The number of rotatable bonds is 0. The maximum absolute atomic E-state index is 13.4. The summed E-state index contributed by atoms with van der Waals surface area (Å²) in [5.74, 6) is -0.540. The molecule has 0 spiro atoms. The number of halogens is 1. The number of aliphatic hydroxyl groups is 1. The predicted molar refractivity (Wildman–Crippen MR) is 50.6 cm³/mol. The summed E-state index contributed by atoms with van der Waals surface area (Å²) in [6, 6.07) is 6.05. The maximum atomic E-state index is 13.4. The van der Waals surface area contributed by atoms with Gasteiger partial charge in [0.1, 0.15) is 6.07 Å². The minimum absolute atomic E-state index is 0.000880. The van der Waals surface area contributed by atoms with Gasteiger partial charge in [-0.05, 0) is 18.9 Å². The van der Waals surface area contributed by atoms with E-state index in [9.17, 15) is 9.50 Å². The molecule has 0 aromatic heterocycles. The van der Waals surface area contributed by atoms with Gasteiger partial charge in [0, 0.05) is 5.56 Å². The predicted octanol–water partition coefficient (Wildman–Crippen LogP) is 1.71. The van der Waals surface area contributed by atoms with E-state index in [1.54, 1.807) is 0 Å². The normalized spacial score (nSPS) is 24.6. The van der Waals surface area contributed by atoms with Gasteiger partial charge in [0.2, 0.25) is 0 Å². The van der Waals surface area contributed by atoms with Gasteiger partial charge in [0.05, 0.1) is 6.61 Å². The molecule has 3 nitrogen and oxygen atoms in total. The van der Waals surface area contributed by atoms with Gasteiger partial charge >= 0.3 is 0 Å². The summed E-state index contributed by atoms with van der Waals surface area (Å²) in [4.78, 5) is 0.